The molecule has 0 bridgehead atoms. The van der Waals surface area contributed by atoms with E-state index in [0.717, 1.165) is 25.1 Å². The summed E-state index contributed by atoms with van der Waals surface area (Å²) in [5.74, 6) is -0.403. The summed E-state index contributed by atoms with van der Waals surface area (Å²) in [6, 6.07) is 1.31. The van der Waals surface area contributed by atoms with Crippen molar-refractivity contribution < 1.29 is 9.72 Å². The van der Waals surface area contributed by atoms with Crippen molar-refractivity contribution in [2.24, 2.45) is 0 Å². The summed E-state index contributed by atoms with van der Waals surface area (Å²) in [7, 11) is 0. The molecule has 1 aliphatic carbocycles. The van der Waals surface area contributed by atoms with Gasteiger partial charge in [0.15, 0.2) is 0 Å². The fourth-order valence-electron chi connectivity index (χ4n) is 1.24. The Balaban J connectivity index is 2.26. The minimum absolute atomic E-state index is 0.00347. The van der Waals surface area contributed by atoms with E-state index in [1.807, 2.05) is 0 Å². The average Bonchev–Trinajstić information content (AvgIpc) is 3.01. The Bertz CT molecular complexity index is 456. The number of hydrogen-bond donors (Lipinski definition) is 2. The van der Waals surface area contributed by atoms with E-state index in [1.165, 1.54) is 0 Å². The molecule has 16 heavy (non-hydrogen) atoms. The van der Waals surface area contributed by atoms with E-state index in [9.17, 15) is 14.9 Å². The number of nitrogen functional groups attached to an aromatic ring is 1. The minimum atomic E-state index is -0.611. The van der Waals surface area contributed by atoms with Gasteiger partial charge in [0.25, 0.3) is 11.6 Å². The van der Waals surface area contributed by atoms with Crippen LogP contribution in [-0.2, 0) is 0 Å². The molecular formula is C9H10N4O3. The highest BCUT2D eigenvalue weighted by Gasteiger charge is 2.25. The van der Waals surface area contributed by atoms with Gasteiger partial charge in [0.1, 0.15) is 12.0 Å². The molecule has 1 amide bonds. The van der Waals surface area contributed by atoms with E-state index in [4.69, 9.17) is 5.73 Å². The van der Waals surface area contributed by atoms with Crippen molar-refractivity contribution in [3.8, 4) is 0 Å². The number of nitro groups is 1. The molecule has 1 aromatic rings. The summed E-state index contributed by atoms with van der Waals surface area (Å²) in [5, 5.41) is 13.2. The van der Waals surface area contributed by atoms with E-state index in [2.05, 4.69) is 10.3 Å². The van der Waals surface area contributed by atoms with Gasteiger partial charge in [-0.1, -0.05) is 0 Å². The van der Waals surface area contributed by atoms with E-state index in [0.29, 0.717) is 0 Å². The Morgan fingerprint density at radius 3 is 2.88 bits per heavy atom. The van der Waals surface area contributed by atoms with Gasteiger partial charge in [-0.25, -0.2) is 4.98 Å². The smallest absolute Gasteiger partial charge is 0.288 e. The van der Waals surface area contributed by atoms with E-state index < -0.39 is 10.8 Å². The second kappa shape index (κ2) is 3.76. The third-order valence-electron chi connectivity index (χ3n) is 2.27. The van der Waals surface area contributed by atoms with Gasteiger partial charge in [0.2, 0.25) is 0 Å². The largest absolute Gasteiger partial charge is 0.383 e. The van der Waals surface area contributed by atoms with Gasteiger partial charge >= 0.3 is 0 Å². The molecule has 0 aliphatic heterocycles. The highest BCUT2D eigenvalue weighted by molar-refractivity contribution is 5.99. The number of nitrogens with two attached hydrogens (primary N) is 1. The van der Waals surface area contributed by atoms with Crippen LogP contribution in [0.15, 0.2) is 12.3 Å². The molecular weight excluding hydrogens is 212 g/mol. The standard InChI is InChI=1S/C9H10N4O3/c10-8-7(9(14)12-5-1-2-5)3-6(4-11-8)13(15)16/h3-5H,1-2H2,(H2,10,11)(H,12,14). The Labute approximate surface area is 90.8 Å². The molecule has 1 aliphatic rings. The Morgan fingerprint density at radius 1 is 1.62 bits per heavy atom. The zero-order valence-electron chi connectivity index (χ0n) is 8.34. The summed E-state index contributed by atoms with van der Waals surface area (Å²) in [5.41, 5.74) is 5.31. The predicted molar refractivity (Wildman–Crippen MR) is 55.8 cm³/mol. The van der Waals surface area contributed by atoms with Crippen molar-refractivity contribution in [1.29, 1.82) is 0 Å². The lowest BCUT2D eigenvalue weighted by molar-refractivity contribution is -0.385. The third-order valence-corrected chi connectivity index (χ3v) is 2.27. The van der Waals surface area contributed by atoms with Gasteiger partial charge in [-0.3, -0.25) is 14.9 Å². The maximum Gasteiger partial charge on any atom is 0.288 e. The lowest BCUT2D eigenvalue weighted by Crippen LogP contribution is -2.26. The van der Waals surface area contributed by atoms with Crippen LogP contribution in [0.1, 0.15) is 23.2 Å². The molecule has 3 N–H and O–H groups in total. The van der Waals surface area contributed by atoms with Crippen LogP contribution in [0, 0.1) is 10.1 Å². The minimum Gasteiger partial charge on any atom is -0.383 e. The number of nitrogens with zero attached hydrogens (tertiary/aromatic N) is 2. The SMILES string of the molecule is Nc1ncc([N+](=O)[O-])cc1C(=O)NC1CC1. The molecule has 0 unspecified atom stereocenters. The van der Waals surface area contributed by atoms with Crippen LogP contribution in [0.4, 0.5) is 11.5 Å². The molecule has 1 fully saturated rings. The van der Waals surface area contributed by atoms with Crippen molar-refractivity contribution >= 4 is 17.4 Å². The number of nitrogens with one attached hydrogen (secondary N) is 1. The summed E-state index contributed by atoms with van der Waals surface area (Å²) in [6.07, 6.45) is 2.91. The molecule has 7 nitrogen and oxygen atoms in total. The predicted octanol–water partition coefficient (Wildman–Crippen LogP) is 0.464. The summed E-state index contributed by atoms with van der Waals surface area (Å²) < 4.78 is 0. The fraction of sp³-hybridized carbons (Fsp3) is 0.333. The molecule has 0 saturated heterocycles. The first-order valence-corrected chi connectivity index (χ1v) is 4.78. The van der Waals surface area contributed by atoms with Crippen molar-refractivity contribution in [1.82, 2.24) is 10.3 Å². The first-order valence-electron chi connectivity index (χ1n) is 4.78. The van der Waals surface area contributed by atoms with Gasteiger partial charge in [0.05, 0.1) is 10.5 Å². The topological polar surface area (TPSA) is 111 Å². The molecule has 1 saturated carbocycles. The normalized spacial score (nSPS) is 14.5. The van der Waals surface area contributed by atoms with Crippen molar-refractivity contribution in [2.45, 2.75) is 18.9 Å². The first-order chi connectivity index (χ1) is 7.58. The van der Waals surface area contributed by atoms with Crippen LogP contribution in [0.2, 0.25) is 0 Å². The first kappa shape index (κ1) is 10.3. The highest BCUT2D eigenvalue weighted by Crippen LogP contribution is 2.21. The highest BCUT2D eigenvalue weighted by atomic mass is 16.6. The monoisotopic (exact) mass is 222 g/mol. The molecule has 0 radical (unpaired) electrons. The van der Waals surface area contributed by atoms with Crippen LogP contribution >= 0.6 is 0 Å². The van der Waals surface area contributed by atoms with Crippen molar-refractivity contribution in [2.75, 3.05) is 5.73 Å². The number of amides is 1. The van der Waals surface area contributed by atoms with Gasteiger partial charge in [0, 0.05) is 12.1 Å². The van der Waals surface area contributed by atoms with Gasteiger partial charge in [-0.15, -0.1) is 0 Å². The zero-order valence-corrected chi connectivity index (χ0v) is 8.34. The second-order valence-electron chi connectivity index (χ2n) is 3.63. The van der Waals surface area contributed by atoms with Crippen molar-refractivity contribution in [3.63, 3.8) is 0 Å². The number of carbonyl (C=O) groups excluding carboxylic acids is 1. The Kier molecular flexibility index (Phi) is 2.43. The summed E-state index contributed by atoms with van der Waals surface area (Å²) >= 11 is 0. The number of aromatic nitrogens is 1. The van der Waals surface area contributed by atoms with Crippen LogP contribution in [0.5, 0.6) is 0 Å². The molecule has 2 rings (SSSR count). The molecule has 0 atom stereocenters. The molecule has 1 aromatic heterocycles. The van der Waals surface area contributed by atoms with E-state index >= 15 is 0 Å². The molecule has 1 heterocycles. The van der Waals surface area contributed by atoms with Crippen LogP contribution in [0.25, 0.3) is 0 Å². The van der Waals surface area contributed by atoms with Gasteiger partial charge in [-0.05, 0) is 12.8 Å². The number of hydrogen-bond acceptors (Lipinski definition) is 5. The second-order valence-corrected chi connectivity index (χ2v) is 3.63. The van der Waals surface area contributed by atoms with Gasteiger partial charge < -0.3 is 11.1 Å². The number of anilines is 1. The number of pyridine rings is 1. The maximum atomic E-state index is 11.6. The van der Waals surface area contributed by atoms with Crippen LogP contribution in [-0.4, -0.2) is 21.9 Å². The summed E-state index contributed by atoms with van der Waals surface area (Å²) in [6.45, 7) is 0. The van der Waals surface area contributed by atoms with Crippen molar-refractivity contribution in [3.05, 3.63) is 27.9 Å². The van der Waals surface area contributed by atoms with Gasteiger partial charge in [-0.2, -0.15) is 0 Å². The lowest BCUT2D eigenvalue weighted by atomic mass is 10.2. The number of carbonyl (C=O) groups is 1. The lowest BCUT2D eigenvalue weighted by Gasteiger charge is -2.04. The molecule has 0 aromatic carbocycles. The Morgan fingerprint density at radius 2 is 2.31 bits per heavy atom. The molecule has 84 valence electrons. The quantitative estimate of drug-likeness (QED) is 0.570. The third kappa shape index (κ3) is 2.08. The Hall–Kier alpha value is -2.18. The number of rotatable bonds is 3. The van der Waals surface area contributed by atoms with E-state index in [1.54, 1.807) is 0 Å². The average molecular weight is 222 g/mol. The molecule has 0 spiro atoms. The van der Waals surface area contributed by atoms with E-state index in [-0.39, 0.29) is 23.1 Å². The summed E-state index contributed by atoms with van der Waals surface area (Å²) in [4.78, 5) is 25.2. The maximum absolute atomic E-state index is 11.6. The molecule has 7 heteroatoms. The fourth-order valence-corrected chi connectivity index (χ4v) is 1.24. The van der Waals surface area contributed by atoms with Crippen LogP contribution in [0.3, 0.4) is 0 Å². The van der Waals surface area contributed by atoms with Crippen LogP contribution < -0.4 is 11.1 Å². The zero-order chi connectivity index (χ0) is 11.7.